The largest absolute Gasteiger partial charge is 0.207 e. The Morgan fingerprint density at radius 2 is 1.57 bits per heavy atom. The first-order valence-electron chi connectivity index (χ1n) is 10.8. The summed E-state index contributed by atoms with van der Waals surface area (Å²) in [7, 11) is 0. The van der Waals surface area contributed by atoms with Crippen LogP contribution in [0.4, 0.5) is 13.2 Å². The minimum atomic E-state index is -0.589. The molecule has 0 bridgehead atoms. The van der Waals surface area contributed by atoms with E-state index in [1.807, 2.05) is 0 Å². The monoisotopic (exact) mass is 386 g/mol. The summed E-state index contributed by atoms with van der Waals surface area (Å²) in [6, 6.07) is 8.45. The van der Waals surface area contributed by atoms with Crippen LogP contribution in [0.15, 0.2) is 36.4 Å². The van der Waals surface area contributed by atoms with Crippen molar-refractivity contribution in [3.8, 4) is 11.1 Å². The molecule has 2 aliphatic carbocycles. The zero-order valence-electron chi connectivity index (χ0n) is 16.6. The predicted molar refractivity (Wildman–Crippen MR) is 108 cm³/mol. The van der Waals surface area contributed by atoms with Gasteiger partial charge in [0.15, 0.2) is 0 Å². The van der Waals surface area contributed by atoms with Crippen LogP contribution in [0.2, 0.25) is 0 Å². The summed E-state index contributed by atoms with van der Waals surface area (Å²) in [6.07, 6.45) is 9.74. The first kappa shape index (κ1) is 19.5. The second kappa shape index (κ2) is 8.31. The summed E-state index contributed by atoms with van der Waals surface area (Å²) >= 11 is 0. The molecule has 0 N–H and O–H groups in total. The molecule has 1 unspecified atom stereocenters. The van der Waals surface area contributed by atoms with E-state index in [9.17, 15) is 13.2 Å². The van der Waals surface area contributed by atoms with Gasteiger partial charge < -0.3 is 0 Å². The lowest BCUT2D eigenvalue weighted by Gasteiger charge is -2.42. The second-order valence-corrected chi connectivity index (χ2v) is 8.87. The van der Waals surface area contributed by atoms with Crippen molar-refractivity contribution in [2.45, 2.75) is 64.2 Å². The fraction of sp³-hybridized carbons (Fsp3) is 0.520. The minimum absolute atomic E-state index is 0.128. The lowest BCUT2D eigenvalue weighted by atomic mass is 9.63. The van der Waals surface area contributed by atoms with Gasteiger partial charge in [-0.15, -0.1) is 0 Å². The Bertz CT molecular complexity index is 805. The smallest absolute Gasteiger partial charge is 0.134 e. The highest BCUT2D eigenvalue weighted by atomic mass is 19.1. The highest BCUT2D eigenvalue weighted by molar-refractivity contribution is 5.65. The molecular weight excluding hydrogens is 357 g/mol. The summed E-state index contributed by atoms with van der Waals surface area (Å²) in [4.78, 5) is 0. The van der Waals surface area contributed by atoms with Gasteiger partial charge in [-0.25, -0.2) is 13.2 Å². The normalized spacial score (nSPS) is 27.4. The van der Waals surface area contributed by atoms with Crippen molar-refractivity contribution in [3.05, 3.63) is 59.4 Å². The molecule has 4 rings (SSSR count). The number of halogens is 3. The maximum atomic E-state index is 14.8. The lowest BCUT2D eigenvalue weighted by Crippen LogP contribution is -2.30. The number of fused-ring (bicyclic) bond motifs is 1. The van der Waals surface area contributed by atoms with Crippen LogP contribution >= 0.6 is 0 Å². The van der Waals surface area contributed by atoms with Crippen molar-refractivity contribution in [2.75, 3.05) is 0 Å². The van der Waals surface area contributed by atoms with Crippen LogP contribution in [0.1, 0.15) is 69.8 Å². The number of rotatable bonds is 4. The van der Waals surface area contributed by atoms with Gasteiger partial charge in [0.2, 0.25) is 0 Å². The van der Waals surface area contributed by atoms with Gasteiger partial charge in [0.05, 0.1) is 5.56 Å². The van der Waals surface area contributed by atoms with Crippen LogP contribution < -0.4 is 0 Å². The molecule has 2 fully saturated rings. The Labute approximate surface area is 166 Å². The fourth-order valence-electron chi connectivity index (χ4n) is 5.71. The van der Waals surface area contributed by atoms with Gasteiger partial charge in [-0.3, -0.25) is 0 Å². The molecule has 150 valence electrons. The third kappa shape index (κ3) is 3.99. The SMILES string of the molecule is CCCC1CC[C@@H]2C[C@H](c3cc(F)c(-c4cccc(F)c4)c(F)c3)CC[C@@H]2C1. The first-order chi connectivity index (χ1) is 13.5. The average molecular weight is 387 g/mol. The molecule has 2 saturated carbocycles. The van der Waals surface area contributed by atoms with E-state index < -0.39 is 17.5 Å². The van der Waals surface area contributed by atoms with Crippen LogP contribution in [0.5, 0.6) is 0 Å². The van der Waals surface area contributed by atoms with Crippen LogP contribution in [0.25, 0.3) is 11.1 Å². The highest BCUT2D eigenvalue weighted by Crippen LogP contribution is 2.48. The Balaban J connectivity index is 1.52. The second-order valence-electron chi connectivity index (χ2n) is 8.87. The van der Waals surface area contributed by atoms with Crippen LogP contribution in [0, 0.1) is 35.2 Å². The Morgan fingerprint density at radius 3 is 2.29 bits per heavy atom. The Kier molecular flexibility index (Phi) is 5.80. The molecule has 2 aromatic carbocycles. The minimum Gasteiger partial charge on any atom is -0.207 e. The van der Waals surface area contributed by atoms with Gasteiger partial charge in [0.1, 0.15) is 17.5 Å². The van der Waals surface area contributed by atoms with E-state index in [0.29, 0.717) is 5.92 Å². The molecule has 3 heteroatoms. The summed E-state index contributed by atoms with van der Waals surface area (Å²) < 4.78 is 43.1. The van der Waals surface area contributed by atoms with E-state index in [-0.39, 0.29) is 17.0 Å². The summed E-state index contributed by atoms with van der Waals surface area (Å²) in [6.45, 7) is 2.26. The zero-order valence-corrected chi connectivity index (χ0v) is 16.6. The van der Waals surface area contributed by atoms with E-state index in [1.165, 1.54) is 68.9 Å². The fourth-order valence-corrected chi connectivity index (χ4v) is 5.71. The molecule has 0 heterocycles. The molecule has 2 aromatic rings. The zero-order chi connectivity index (χ0) is 19.7. The molecule has 0 nitrogen and oxygen atoms in total. The molecule has 0 radical (unpaired) electrons. The lowest BCUT2D eigenvalue weighted by molar-refractivity contribution is 0.114. The highest BCUT2D eigenvalue weighted by Gasteiger charge is 2.36. The molecule has 0 aromatic heterocycles. The molecule has 0 amide bonds. The maximum Gasteiger partial charge on any atom is 0.134 e. The molecular formula is C25H29F3. The average Bonchev–Trinajstić information content (AvgIpc) is 2.67. The van der Waals surface area contributed by atoms with Crippen LogP contribution in [-0.4, -0.2) is 0 Å². The van der Waals surface area contributed by atoms with Crippen molar-refractivity contribution >= 4 is 0 Å². The Morgan fingerprint density at radius 1 is 0.857 bits per heavy atom. The third-order valence-corrected chi connectivity index (χ3v) is 7.07. The molecule has 0 saturated heterocycles. The van der Waals surface area contributed by atoms with E-state index in [4.69, 9.17) is 0 Å². The van der Waals surface area contributed by atoms with E-state index in [1.54, 1.807) is 6.07 Å². The van der Waals surface area contributed by atoms with Gasteiger partial charge >= 0.3 is 0 Å². The quantitative estimate of drug-likeness (QED) is 0.501. The number of benzene rings is 2. The van der Waals surface area contributed by atoms with Gasteiger partial charge in [-0.1, -0.05) is 38.3 Å². The standard InChI is InChI=1S/C25H29F3/c1-2-4-16-7-8-18-12-19(10-9-17(18)11-16)21-14-23(27)25(24(28)15-21)20-5-3-6-22(26)13-20/h3,5-6,13-19H,2,4,7-12H2,1H3/t16?,17-,18-,19-/m1/s1. The molecule has 2 aliphatic rings. The van der Waals surface area contributed by atoms with Crippen molar-refractivity contribution in [1.82, 2.24) is 0 Å². The summed E-state index contributed by atoms with van der Waals surface area (Å²) in [5.74, 6) is 0.933. The van der Waals surface area contributed by atoms with Crippen LogP contribution in [-0.2, 0) is 0 Å². The van der Waals surface area contributed by atoms with Crippen LogP contribution in [0.3, 0.4) is 0 Å². The van der Waals surface area contributed by atoms with Gasteiger partial charge in [0.25, 0.3) is 0 Å². The van der Waals surface area contributed by atoms with Gasteiger partial charge in [0, 0.05) is 0 Å². The molecule has 4 atom stereocenters. The maximum absolute atomic E-state index is 14.8. The molecule has 0 aliphatic heterocycles. The van der Waals surface area contributed by atoms with E-state index in [2.05, 4.69) is 6.92 Å². The number of hydrogen-bond donors (Lipinski definition) is 0. The van der Waals surface area contributed by atoms with Crippen molar-refractivity contribution < 1.29 is 13.2 Å². The molecule has 28 heavy (non-hydrogen) atoms. The topological polar surface area (TPSA) is 0 Å². The van der Waals surface area contributed by atoms with Crippen molar-refractivity contribution in [1.29, 1.82) is 0 Å². The van der Waals surface area contributed by atoms with Gasteiger partial charge in [-0.2, -0.15) is 0 Å². The van der Waals surface area contributed by atoms with Crippen molar-refractivity contribution in [2.24, 2.45) is 17.8 Å². The Hall–Kier alpha value is -1.77. The first-order valence-corrected chi connectivity index (χ1v) is 10.8. The van der Waals surface area contributed by atoms with Crippen molar-refractivity contribution in [3.63, 3.8) is 0 Å². The third-order valence-electron chi connectivity index (χ3n) is 7.07. The van der Waals surface area contributed by atoms with E-state index in [0.717, 1.165) is 30.2 Å². The van der Waals surface area contributed by atoms with E-state index >= 15 is 0 Å². The number of hydrogen-bond acceptors (Lipinski definition) is 0. The van der Waals surface area contributed by atoms with Gasteiger partial charge in [-0.05, 0) is 91.2 Å². The summed E-state index contributed by atoms with van der Waals surface area (Å²) in [5, 5.41) is 0. The predicted octanol–water partition coefficient (Wildman–Crippen LogP) is 7.87. The summed E-state index contributed by atoms with van der Waals surface area (Å²) in [5.41, 5.74) is 0.890. The molecule has 0 spiro atoms.